The van der Waals surface area contributed by atoms with E-state index in [2.05, 4.69) is 15.3 Å². The van der Waals surface area contributed by atoms with Crippen molar-refractivity contribution in [2.75, 3.05) is 19.5 Å². The van der Waals surface area contributed by atoms with Crippen molar-refractivity contribution >= 4 is 21.7 Å². The Morgan fingerprint density at radius 2 is 1.59 bits per heavy atom. The number of amides is 1. The molecule has 9 heteroatoms. The van der Waals surface area contributed by atoms with Crippen molar-refractivity contribution in [1.29, 1.82) is 0 Å². The van der Waals surface area contributed by atoms with Crippen molar-refractivity contribution in [2.45, 2.75) is 35.3 Å². The smallest absolute Gasteiger partial charge is 0.248 e. The van der Waals surface area contributed by atoms with E-state index >= 15 is 0 Å². The third-order valence-electron chi connectivity index (χ3n) is 4.72. The minimum Gasteiger partial charge on any atom is -0.481 e. The molecule has 27 heavy (non-hydrogen) atoms. The summed E-state index contributed by atoms with van der Waals surface area (Å²) >= 11 is 0. The fourth-order valence-electron chi connectivity index (χ4n) is 3.27. The Morgan fingerprint density at radius 1 is 1.04 bits per heavy atom. The summed E-state index contributed by atoms with van der Waals surface area (Å²) in [5, 5.41) is 2.55. The minimum absolute atomic E-state index is 0.0641. The maximum absolute atomic E-state index is 13.3. The molecule has 0 aliphatic heterocycles. The Morgan fingerprint density at radius 3 is 2.11 bits per heavy atom. The molecule has 1 aliphatic carbocycles. The van der Waals surface area contributed by atoms with Crippen LogP contribution in [0.2, 0.25) is 0 Å². The first-order valence-electron chi connectivity index (χ1n) is 8.51. The predicted octanol–water partition coefficient (Wildman–Crippen LogP) is 2.22. The van der Waals surface area contributed by atoms with E-state index in [0.717, 1.165) is 0 Å². The summed E-state index contributed by atoms with van der Waals surface area (Å²) in [6, 6.07) is 9.49. The zero-order chi connectivity index (χ0) is 19.5. The fraction of sp³-hybridized carbons (Fsp3) is 0.389. The topological polar surface area (TPSA) is 107 Å². The first-order chi connectivity index (χ1) is 12.9. The lowest BCUT2D eigenvalue weighted by atomic mass is 10.1. The highest BCUT2D eigenvalue weighted by atomic mass is 32.2. The van der Waals surface area contributed by atoms with Crippen molar-refractivity contribution < 1.29 is 22.7 Å². The predicted molar refractivity (Wildman–Crippen MR) is 98.6 cm³/mol. The fourth-order valence-corrected chi connectivity index (χ4v) is 5.36. The van der Waals surface area contributed by atoms with Gasteiger partial charge in [0.05, 0.1) is 25.2 Å². The molecule has 1 aromatic heterocycles. The van der Waals surface area contributed by atoms with Gasteiger partial charge in [0, 0.05) is 0 Å². The van der Waals surface area contributed by atoms with Gasteiger partial charge in [0.15, 0.2) is 14.6 Å². The number of sulfone groups is 1. The Labute approximate surface area is 157 Å². The maximum atomic E-state index is 13.3. The lowest BCUT2D eigenvalue weighted by molar-refractivity contribution is -0.118. The molecule has 0 radical (unpaired) electrons. The van der Waals surface area contributed by atoms with Gasteiger partial charge in [-0.15, -0.1) is 0 Å². The van der Waals surface area contributed by atoms with Crippen LogP contribution in [0.15, 0.2) is 41.3 Å². The highest BCUT2D eigenvalue weighted by Crippen LogP contribution is 2.41. The van der Waals surface area contributed by atoms with Crippen molar-refractivity contribution in [2.24, 2.45) is 0 Å². The molecule has 8 nitrogen and oxygen atoms in total. The largest absolute Gasteiger partial charge is 0.481 e. The average Bonchev–Trinajstić information content (AvgIpc) is 3.20. The number of anilines is 1. The van der Waals surface area contributed by atoms with Gasteiger partial charge in [-0.2, -0.15) is 9.97 Å². The molecule has 0 saturated heterocycles. The van der Waals surface area contributed by atoms with E-state index in [4.69, 9.17) is 9.47 Å². The van der Waals surface area contributed by atoms with Crippen LogP contribution in [-0.2, 0) is 14.6 Å². The molecule has 1 heterocycles. The van der Waals surface area contributed by atoms with Crippen LogP contribution in [-0.4, -0.2) is 43.3 Å². The van der Waals surface area contributed by atoms with Gasteiger partial charge >= 0.3 is 0 Å². The van der Waals surface area contributed by atoms with Gasteiger partial charge in [0.1, 0.15) is 0 Å². The maximum Gasteiger partial charge on any atom is 0.248 e. The summed E-state index contributed by atoms with van der Waals surface area (Å²) in [4.78, 5) is 21.3. The quantitative estimate of drug-likeness (QED) is 0.804. The van der Waals surface area contributed by atoms with Gasteiger partial charge in [0.2, 0.25) is 23.6 Å². The van der Waals surface area contributed by atoms with Gasteiger partial charge in [-0.1, -0.05) is 31.0 Å². The Bertz CT molecular complexity index is 903. The van der Waals surface area contributed by atoms with E-state index in [1.807, 2.05) is 0 Å². The molecule has 1 N–H and O–H groups in total. The van der Waals surface area contributed by atoms with E-state index in [9.17, 15) is 13.2 Å². The lowest BCUT2D eigenvalue weighted by Gasteiger charge is -2.27. The van der Waals surface area contributed by atoms with Crippen molar-refractivity contribution in [3.63, 3.8) is 0 Å². The van der Waals surface area contributed by atoms with Crippen LogP contribution >= 0.6 is 0 Å². The molecule has 144 valence electrons. The van der Waals surface area contributed by atoms with Gasteiger partial charge in [-0.05, 0) is 25.0 Å². The second kappa shape index (κ2) is 7.51. The number of rotatable bonds is 6. The molecule has 1 aliphatic rings. The second-order valence-corrected chi connectivity index (χ2v) is 8.51. The van der Waals surface area contributed by atoms with Crippen molar-refractivity contribution in [3.05, 3.63) is 36.4 Å². The van der Waals surface area contributed by atoms with Crippen molar-refractivity contribution in [3.8, 4) is 11.8 Å². The summed E-state index contributed by atoms with van der Waals surface area (Å²) in [7, 11) is -1.04. The number of benzene rings is 1. The monoisotopic (exact) mass is 391 g/mol. The third-order valence-corrected chi connectivity index (χ3v) is 7.23. The highest BCUT2D eigenvalue weighted by molar-refractivity contribution is 7.93. The van der Waals surface area contributed by atoms with Crippen LogP contribution in [0.4, 0.5) is 5.95 Å². The molecule has 0 bridgehead atoms. The van der Waals surface area contributed by atoms with Crippen LogP contribution in [0.25, 0.3) is 0 Å². The zero-order valence-corrected chi connectivity index (χ0v) is 16.0. The SMILES string of the molecule is COc1cc(OC)nc(NC(=O)C2(S(=O)(=O)c3ccccc3)CCCC2)n1. The summed E-state index contributed by atoms with van der Waals surface area (Å²) in [5.74, 6) is -0.308. The van der Waals surface area contributed by atoms with Crippen LogP contribution in [0, 0.1) is 0 Å². The summed E-state index contributed by atoms with van der Waals surface area (Å²) in [5.41, 5.74) is 0. The Balaban J connectivity index is 1.98. The van der Waals surface area contributed by atoms with E-state index < -0.39 is 20.5 Å². The molecule has 2 aromatic rings. The highest BCUT2D eigenvalue weighted by Gasteiger charge is 2.53. The van der Waals surface area contributed by atoms with E-state index in [1.54, 1.807) is 18.2 Å². The first-order valence-corrected chi connectivity index (χ1v) is 9.99. The van der Waals surface area contributed by atoms with Crippen LogP contribution in [0.5, 0.6) is 11.8 Å². The number of hydrogen-bond acceptors (Lipinski definition) is 7. The number of nitrogens with one attached hydrogen (secondary N) is 1. The Kier molecular flexibility index (Phi) is 5.31. The van der Waals surface area contributed by atoms with E-state index in [0.29, 0.717) is 12.8 Å². The van der Waals surface area contributed by atoms with E-state index in [-0.39, 0.29) is 35.4 Å². The summed E-state index contributed by atoms with van der Waals surface area (Å²) in [6.07, 6.45) is 1.80. The average molecular weight is 391 g/mol. The molecule has 0 spiro atoms. The van der Waals surface area contributed by atoms with Crippen LogP contribution in [0.3, 0.4) is 0 Å². The molecule has 1 aromatic carbocycles. The minimum atomic E-state index is -3.88. The van der Waals surface area contributed by atoms with Gasteiger partial charge < -0.3 is 9.47 Å². The molecular formula is C18H21N3O5S. The molecular weight excluding hydrogens is 370 g/mol. The van der Waals surface area contributed by atoms with Gasteiger partial charge in [0.25, 0.3) is 0 Å². The van der Waals surface area contributed by atoms with Crippen LogP contribution < -0.4 is 14.8 Å². The number of nitrogens with zero attached hydrogens (tertiary/aromatic N) is 2. The molecule has 1 saturated carbocycles. The number of carbonyl (C=O) groups is 1. The molecule has 1 amide bonds. The lowest BCUT2D eigenvalue weighted by Crippen LogP contribution is -2.47. The molecule has 0 unspecified atom stereocenters. The Hall–Kier alpha value is -2.68. The second-order valence-electron chi connectivity index (χ2n) is 6.25. The van der Waals surface area contributed by atoms with Crippen LogP contribution in [0.1, 0.15) is 25.7 Å². The third kappa shape index (κ3) is 3.46. The summed E-state index contributed by atoms with van der Waals surface area (Å²) in [6.45, 7) is 0. The van der Waals surface area contributed by atoms with Crippen molar-refractivity contribution in [1.82, 2.24) is 9.97 Å². The standard InChI is InChI=1S/C18H21N3O5S/c1-25-14-12-15(26-2)20-17(19-14)21-16(22)18(10-6-7-11-18)27(23,24)13-8-4-3-5-9-13/h3-5,8-9,12H,6-7,10-11H2,1-2H3,(H,19,20,21,22). The number of hydrogen-bond donors (Lipinski definition) is 1. The normalized spacial score (nSPS) is 15.9. The van der Waals surface area contributed by atoms with Gasteiger partial charge in [-0.3, -0.25) is 10.1 Å². The van der Waals surface area contributed by atoms with Gasteiger partial charge in [-0.25, -0.2) is 8.42 Å². The number of carbonyl (C=O) groups excluding carboxylic acids is 1. The molecule has 0 atom stereocenters. The zero-order valence-electron chi connectivity index (χ0n) is 15.1. The molecule has 1 fully saturated rings. The number of methoxy groups -OCH3 is 2. The number of aromatic nitrogens is 2. The van der Waals surface area contributed by atoms with E-state index in [1.165, 1.54) is 32.4 Å². The molecule has 3 rings (SSSR count). The number of ether oxygens (including phenoxy) is 2. The summed E-state index contributed by atoms with van der Waals surface area (Å²) < 4.78 is 35.1. The first kappa shape index (κ1) is 19.1.